The number of halogens is 1. The van der Waals surface area contributed by atoms with Crippen molar-refractivity contribution in [1.82, 2.24) is 9.78 Å². The Kier molecular flexibility index (Phi) is 5.22. The second-order valence-electron chi connectivity index (χ2n) is 5.35. The Balaban J connectivity index is 2.00. The van der Waals surface area contributed by atoms with E-state index in [9.17, 15) is 5.11 Å². The van der Waals surface area contributed by atoms with E-state index in [2.05, 4.69) is 34.0 Å². The molecule has 0 spiro atoms. The fraction of sp³-hybridized carbons (Fsp3) is 0.667. The number of hydrogen-bond acceptors (Lipinski definition) is 2. The van der Waals surface area contributed by atoms with Crippen molar-refractivity contribution in [3.63, 3.8) is 0 Å². The summed E-state index contributed by atoms with van der Waals surface area (Å²) in [5.74, 6) is 0. The van der Waals surface area contributed by atoms with E-state index in [1.807, 2.05) is 11.7 Å². The Hall–Kier alpha value is -0.610. The summed E-state index contributed by atoms with van der Waals surface area (Å²) in [6.45, 7) is 2.10. The number of rotatable bonds is 5. The van der Waals surface area contributed by atoms with Crippen LogP contribution in [0.15, 0.2) is 16.1 Å². The minimum atomic E-state index is -0.305. The normalized spacial score (nSPS) is 17.4. The fourth-order valence-electron chi connectivity index (χ4n) is 2.73. The van der Waals surface area contributed by atoms with Gasteiger partial charge in [-0.2, -0.15) is 5.10 Å². The van der Waals surface area contributed by atoms with Gasteiger partial charge in [0.2, 0.25) is 0 Å². The lowest BCUT2D eigenvalue weighted by Crippen LogP contribution is -2.15. The fourth-order valence-corrected chi connectivity index (χ4v) is 3.51. The molecule has 0 amide bonds. The summed E-state index contributed by atoms with van der Waals surface area (Å²) in [5.41, 5.74) is 3.59. The smallest absolute Gasteiger partial charge is 0.0766 e. The van der Waals surface area contributed by atoms with E-state index in [0.717, 1.165) is 35.1 Å². The standard InChI is InChI=1S/C15H23BrN2O/c1-3-13-15(16)14(18(2)17-13)10-12(19)9-11-7-5-4-6-8-11/h7,12,19H,3-6,8-10H2,1-2H3. The van der Waals surface area contributed by atoms with Crippen LogP contribution in [0.2, 0.25) is 0 Å². The Bertz CT molecular complexity index is 465. The molecule has 106 valence electrons. The van der Waals surface area contributed by atoms with Gasteiger partial charge in [0.25, 0.3) is 0 Å². The molecule has 3 nitrogen and oxygen atoms in total. The van der Waals surface area contributed by atoms with Crippen LogP contribution in [-0.4, -0.2) is 21.0 Å². The SMILES string of the molecule is CCc1nn(C)c(CC(O)CC2=CCCCC2)c1Br. The highest BCUT2D eigenvalue weighted by Gasteiger charge is 2.17. The summed E-state index contributed by atoms with van der Waals surface area (Å²) in [6.07, 6.45) is 9.29. The number of aryl methyl sites for hydroxylation is 2. The van der Waals surface area contributed by atoms with Gasteiger partial charge in [0, 0.05) is 13.5 Å². The molecule has 0 radical (unpaired) electrons. The lowest BCUT2D eigenvalue weighted by molar-refractivity contribution is 0.171. The molecule has 0 saturated heterocycles. The monoisotopic (exact) mass is 326 g/mol. The molecule has 1 atom stereocenters. The molecule has 0 saturated carbocycles. The van der Waals surface area contributed by atoms with Crippen LogP contribution >= 0.6 is 15.9 Å². The largest absolute Gasteiger partial charge is 0.392 e. The van der Waals surface area contributed by atoms with Gasteiger partial charge in [-0.05, 0) is 54.5 Å². The molecule has 19 heavy (non-hydrogen) atoms. The van der Waals surface area contributed by atoms with Crippen molar-refractivity contribution in [1.29, 1.82) is 0 Å². The summed E-state index contributed by atoms with van der Waals surface area (Å²) < 4.78 is 2.95. The van der Waals surface area contributed by atoms with E-state index in [0.29, 0.717) is 6.42 Å². The molecule has 1 unspecified atom stereocenters. The van der Waals surface area contributed by atoms with Crippen LogP contribution in [0.25, 0.3) is 0 Å². The highest BCUT2D eigenvalue weighted by Crippen LogP contribution is 2.26. The van der Waals surface area contributed by atoms with Gasteiger partial charge in [-0.15, -0.1) is 0 Å². The summed E-state index contributed by atoms with van der Waals surface area (Å²) in [4.78, 5) is 0. The lowest BCUT2D eigenvalue weighted by Gasteiger charge is -2.17. The van der Waals surface area contributed by atoms with Gasteiger partial charge in [0.15, 0.2) is 0 Å². The molecule has 0 fully saturated rings. The Morgan fingerprint density at radius 2 is 2.21 bits per heavy atom. The van der Waals surface area contributed by atoms with Gasteiger partial charge in [-0.25, -0.2) is 0 Å². The van der Waals surface area contributed by atoms with Crippen molar-refractivity contribution < 1.29 is 5.11 Å². The van der Waals surface area contributed by atoms with Crippen molar-refractivity contribution in [2.75, 3.05) is 0 Å². The second-order valence-corrected chi connectivity index (χ2v) is 6.15. The van der Waals surface area contributed by atoms with E-state index in [1.165, 1.54) is 24.8 Å². The molecule has 1 aliphatic rings. The third-order valence-electron chi connectivity index (χ3n) is 3.81. The number of aliphatic hydroxyl groups excluding tert-OH is 1. The van der Waals surface area contributed by atoms with E-state index >= 15 is 0 Å². The average Bonchev–Trinajstić information content (AvgIpc) is 2.67. The third kappa shape index (κ3) is 3.69. The Morgan fingerprint density at radius 3 is 2.79 bits per heavy atom. The molecule has 4 heteroatoms. The zero-order valence-electron chi connectivity index (χ0n) is 11.8. The zero-order valence-corrected chi connectivity index (χ0v) is 13.4. The molecule has 0 aromatic carbocycles. The van der Waals surface area contributed by atoms with Crippen molar-refractivity contribution in [3.05, 3.63) is 27.5 Å². The van der Waals surface area contributed by atoms with E-state index < -0.39 is 0 Å². The van der Waals surface area contributed by atoms with E-state index in [-0.39, 0.29) is 6.10 Å². The summed E-state index contributed by atoms with van der Waals surface area (Å²) in [5, 5.41) is 14.8. The number of hydrogen-bond donors (Lipinski definition) is 1. The number of aromatic nitrogens is 2. The average molecular weight is 327 g/mol. The van der Waals surface area contributed by atoms with Gasteiger partial charge in [0.05, 0.1) is 22.0 Å². The maximum absolute atomic E-state index is 10.3. The molecule has 1 aromatic rings. The molecule has 0 aliphatic heterocycles. The molecule has 1 aliphatic carbocycles. The Labute approximate surface area is 123 Å². The second kappa shape index (κ2) is 6.71. The minimum absolute atomic E-state index is 0.305. The summed E-state index contributed by atoms with van der Waals surface area (Å²) >= 11 is 3.61. The van der Waals surface area contributed by atoms with Crippen LogP contribution in [0.1, 0.15) is 50.4 Å². The topological polar surface area (TPSA) is 38.0 Å². The number of allylic oxidation sites excluding steroid dienone is 1. The molecule has 1 heterocycles. The van der Waals surface area contributed by atoms with Crippen LogP contribution in [0.4, 0.5) is 0 Å². The first-order valence-electron chi connectivity index (χ1n) is 7.18. The summed E-state index contributed by atoms with van der Waals surface area (Å²) in [7, 11) is 1.95. The van der Waals surface area contributed by atoms with Crippen molar-refractivity contribution >= 4 is 15.9 Å². The molecule has 1 N–H and O–H groups in total. The van der Waals surface area contributed by atoms with Crippen LogP contribution in [-0.2, 0) is 19.9 Å². The highest BCUT2D eigenvalue weighted by atomic mass is 79.9. The quantitative estimate of drug-likeness (QED) is 0.840. The molecule has 2 rings (SSSR count). The third-order valence-corrected chi connectivity index (χ3v) is 4.73. The number of nitrogens with zero attached hydrogens (tertiary/aromatic N) is 2. The molecule has 1 aromatic heterocycles. The molecule has 0 bridgehead atoms. The Morgan fingerprint density at radius 1 is 1.42 bits per heavy atom. The molecular formula is C15H23BrN2O. The lowest BCUT2D eigenvalue weighted by atomic mass is 9.94. The van der Waals surface area contributed by atoms with Gasteiger partial charge >= 0.3 is 0 Å². The first-order chi connectivity index (χ1) is 9.11. The first-order valence-corrected chi connectivity index (χ1v) is 7.97. The van der Waals surface area contributed by atoms with Gasteiger partial charge in [0.1, 0.15) is 0 Å². The van der Waals surface area contributed by atoms with Crippen LogP contribution in [0.5, 0.6) is 0 Å². The minimum Gasteiger partial charge on any atom is -0.392 e. The van der Waals surface area contributed by atoms with Gasteiger partial charge in [-0.1, -0.05) is 18.6 Å². The van der Waals surface area contributed by atoms with Crippen LogP contribution in [0, 0.1) is 0 Å². The molecular weight excluding hydrogens is 304 g/mol. The van der Waals surface area contributed by atoms with Crippen molar-refractivity contribution in [3.8, 4) is 0 Å². The first kappa shape index (κ1) is 14.8. The predicted molar refractivity (Wildman–Crippen MR) is 81.2 cm³/mol. The van der Waals surface area contributed by atoms with Gasteiger partial charge in [-0.3, -0.25) is 4.68 Å². The van der Waals surface area contributed by atoms with Gasteiger partial charge < -0.3 is 5.11 Å². The highest BCUT2D eigenvalue weighted by molar-refractivity contribution is 9.10. The maximum Gasteiger partial charge on any atom is 0.0766 e. The van der Waals surface area contributed by atoms with E-state index in [4.69, 9.17) is 0 Å². The summed E-state index contributed by atoms with van der Waals surface area (Å²) in [6, 6.07) is 0. The van der Waals surface area contributed by atoms with Crippen molar-refractivity contribution in [2.24, 2.45) is 7.05 Å². The maximum atomic E-state index is 10.3. The zero-order chi connectivity index (χ0) is 13.8. The van der Waals surface area contributed by atoms with Crippen LogP contribution < -0.4 is 0 Å². The number of aliphatic hydroxyl groups is 1. The van der Waals surface area contributed by atoms with E-state index in [1.54, 1.807) is 0 Å². The van der Waals surface area contributed by atoms with Crippen molar-refractivity contribution in [2.45, 2.75) is 58.0 Å². The predicted octanol–water partition coefficient (Wildman–Crippen LogP) is 3.54. The van der Waals surface area contributed by atoms with Crippen LogP contribution in [0.3, 0.4) is 0 Å².